The predicted octanol–water partition coefficient (Wildman–Crippen LogP) is -0.956. The molecule has 0 aliphatic heterocycles. The van der Waals surface area contributed by atoms with E-state index in [4.69, 9.17) is 0 Å². The van der Waals surface area contributed by atoms with E-state index in [-0.39, 0.29) is 6.42 Å². The lowest BCUT2D eigenvalue weighted by molar-refractivity contribution is -0.320. The average Bonchev–Trinajstić information content (AvgIpc) is 2.15. The molecule has 1 atom stereocenters. The first-order valence-electron chi connectivity index (χ1n) is 4.95. The molecule has 0 amide bonds. The molecule has 1 aromatic rings. The van der Waals surface area contributed by atoms with Gasteiger partial charge in [0.2, 0.25) is 0 Å². The third kappa shape index (κ3) is 3.73. The van der Waals surface area contributed by atoms with Gasteiger partial charge < -0.3 is 19.8 Å². The summed E-state index contributed by atoms with van der Waals surface area (Å²) >= 11 is 0. The first kappa shape index (κ1) is 12.2. The molecule has 0 bridgehead atoms. The highest BCUT2D eigenvalue weighted by Gasteiger charge is 2.11. The van der Waals surface area contributed by atoms with E-state index >= 15 is 0 Å². The second-order valence-electron chi connectivity index (χ2n) is 3.79. The minimum Gasteiger partial charge on any atom is -0.550 e. The summed E-state index contributed by atoms with van der Waals surface area (Å²) in [5.74, 6) is -3.76. The van der Waals surface area contributed by atoms with Crippen LogP contribution in [-0.2, 0) is 16.0 Å². The van der Waals surface area contributed by atoms with Crippen LogP contribution in [0.5, 0.6) is 0 Å². The molecule has 4 heteroatoms. The van der Waals surface area contributed by atoms with Crippen LogP contribution in [0.4, 0.5) is 0 Å². The Morgan fingerprint density at radius 2 is 2.00 bits per heavy atom. The third-order valence-corrected chi connectivity index (χ3v) is 2.31. The zero-order valence-corrected chi connectivity index (χ0v) is 8.93. The van der Waals surface area contributed by atoms with E-state index in [9.17, 15) is 19.8 Å². The summed E-state index contributed by atoms with van der Waals surface area (Å²) in [5.41, 5.74) is 1.79. The highest BCUT2D eigenvalue weighted by atomic mass is 16.4. The van der Waals surface area contributed by atoms with Crippen molar-refractivity contribution in [2.45, 2.75) is 19.8 Å². The van der Waals surface area contributed by atoms with Crippen LogP contribution < -0.4 is 10.2 Å². The lowest BCUT2D eigenvalue weighted by Crippen LogP contribution is -2.37. The van der Waals surface area contributed by atoms with Crippen molar-refractivity contribution in [3.63, 3.8) is 0 Å². The number of carboxylic acids is 2. The van der Waals surface area contributed by atoms with E-state index in [2.05, 4.69) is 0 Å². The molecular formula is C12H12O4-2. The van der Waals surface area contributed by atoms with Crippen molar-refractivity contribution < 1.29 is 19.8 Å². The largest absolute Gasteiger partial charge is 0.550 e. The molecule has 16 heavy (non-hydrogen) atoms. The summed E-state index contributed by atoms with van der Waals surface area (Å²) in [6.07, 6.45) is -0.367. The number of carboxylic acid groups (broad SMARTS) is 2. The topological polar surface area (TPSA) is 80.3 Å². The fourth-order valence-corrected chi connectivity index (χ4v) is 1.56. The van der Waals surface area contributed by atoms with Gasteiger partial charge in [-0.1, -0.05) is 29.8 Å². The summed E-state index contributed by atoms with van der Waals surface area (Å²) in [6, 6.07) is 7.27. The summed E-state index contributed by atoms with van der Waals surface area (Å²) in [7, 11) is 0. The highest BCUT2D eigenvalue weighted by Crippen LogP contribution is 2.13. The fourth-order valence-electron chi connectivity index (χ4n) is 1.56. The Kier molecular flexibility index (Phi) is 4.05. The number of benzene rings is 1. The molecule has 0 heterocycles. The zero-order valence-electron chi connectivity index (χ0n) is 8.93. The minimum atomic E-state index is -1.37. The van der Waals surface area contributed by atoms with Crippen LogP contribution in [0.2, 0.25) is 0 Å². The Hall–Kier alpha value is -1.84. The Bertz CT molecular complexity index is 398. The van der Waals surface area contributed by atoms with Gasteiger partial charge in [0, 0.05) is 17.9 Å². The van der Waals surface area contributed by atoms with Crippen molar-refractivity contribution >= 4 is 11.9 Å². The van der Waals surface area contributed by atoms with E-state index in [1.807, 2.05) is 19.1 Å². The van der Waals surface area contributed by atoms with Gasteiger partial charge in [0.15, 0.2) is 0 Å². The highest BCUT2D eigenvalue weighted by molar-refractivity contribution is 5.75. The monoisotopic (exact) mass is 220 g/mol. The Labute approximate surface area is 93.5 Å². The van der Waals surface area contributed by atoms with Gasteiger partial charge in [-0.25, -0.2) is 0 Å². The van der Waals surface area contributed by atoms with Crippen LogP contribution in [0, 0.1) is 12.8 Å². The van der Waals surface area contributed by atoms with Crippen molar-refractivity contribution in [3.05, 3.63) is 35.4 Å². The number of carbonyl (C=O) groups is 2. The standard InChI is InChI=1S/C12H14O4/c1-8-3-2-4-9(5-8)6-10(12(15)16)7-11(13)14/h2-5,10H,6-7H2,1H3,(H,13,14)(H,15,16)/p-2/t10-/m1/s1. The van der Waals surface area contributed by atoms with Gasteiger partial charge in [0.1, 0.15) is 0 Å². The summed E-state index contributed by atoms with van der Waals surface area (Å²) in [5, 5.41) is 21.1. The van der Waals surface area contributed by atoms with Crippen molar-refractivity contribution in [2.24, 2.45) is 5.92 Å². The number of aliphatic carboxylic acids is 2. The zero-order chi connectivity index (χ0) is 12.1. The molecule has 0 spiro atoms. The van der Waals surface area contributed by atoms with Crippen molar-refractivity contribution in [1.29, 1.82) is 0 Å². The van der Waals surface area contributed by atoms with Gasteiger partial charge >= 0.3 is 0 Å². The molecule has 0 unspecified atom stereocenters. The van der Waals surface area contributed by atoms with Crippen LogP contribution in [0.25, 0.3) is 0 Å². The summed E-state index contributed by atoms with van der Waals surface area (Å²) in [6.45, 7) is 1.89. The number of aryl methyl sites for hydroxylation is 1. The molecule has 1 aromatic carbocycles. The molecule has 1 rings (SSSR count). The molecule has 0 aromatic heterocycles. The first-order chi connectivity index (χ1) is 7.49. The fraction of sp³-hybridized carbons (Fsp3) is 0.333. The van der Waals surface area contributed by atoms with Crippen LogP contribution >= 0.6 is 0 Å². The molecule has 0 fully saturated rings. The lowest BCUT2D eigenvalue weighted by Gasteiger charge is -2.18. The van der Waals surface area contributed by atoms with Gasteiger partial charge in [0.05, 0.1) is 0 Å². The number of hydrogen-bond acceptors (Lipinski definition) is 4. The minimum absolute atomic E-state index is 0.151. The summed E-state index contributed by atoms with van der Waals surface area (Å²) in [4.78, 5) is 21.1. The summed E-state index contributed by atoms with van der Waals surface area (Å²) < 4.78 is 0. The van der Waals surface area contributed by atoms with Crippen LogP contribution in [-0.4, -0.2) is 11.9 Å². The first-order valence-corrected chi connectivity index (χ1v) is 4.95. The van der Waals surface area contributed by atoms with Crippen LogP contribution in [0.1, 0.15) is 17.5 Å². The number of carbonyl (C=O) groups excluding carboxylic acids is 2. The molecule has 0 saturated carbocycles. The van der Waals surface area contributed by atoms with Crippen LogP contribution in [0.15, 0.2) is 24.3 Å². The Morgan fingerprint density at radius 1 is 1.31 bits per heavy atom. The van der Waals surface area contributed by atoms with Crippen LogP contribution in [0.3, 0.4) is 0 Å². The molecule has 0 aliphatic rings. The molecule has 0 radical (unpaired) electrons. The van der Waals surface area contributed by atoms with Gasteiger partial charge in [-0.2, -0.15) is 0 Å². The Balaban J connectivity index is 2.75. The van der Waals surface area contributed by atoms with Gasteiger partial charge in [-0.3, -0.25) is 0 Å². The second kappa shape index (κ2) is 5.30. The van der Waals surface area contributed by atoms with Crippen molar-refractivity contribution in [3.8, 4) is 0 Å². The van der Waals surface area contributed by atoms with Gasteiger partial charge in [0.25, 0.3) is 0 Å². The molecule has 86 valence electrons. The maximum atomic E-state index is 10.7. The van der Waals surface area contributed by atoms with E-state index < -0.39 is 24.3 Å². The predicted molar refractivity (Wildman–Crippen MR) is 53.0 cm³/mol. The Morgan fingerprint density at radius 3 is 2.50 bits per heavy atom. The second-order valence-corrected chi connectivity index (χ2v) is 3.79. The maximum absolute atomic E-state index is 10.7. The smallest absolute Gasteiger partial charge is 0.0452 e. The molecule has 0 saturated heterocycles. The molecule has 4 nitrogen and oxygen atoms in total. The van der Waals surface area contributed by atoms with Crippen molar-refractivity contribution in [1.82, 2.24) is 0 Å². The SMILES string of the molecule is Cc1cccc(C[C@H](CC(=O)[O-])C(=O)[O-])c1. The normalized spacial score (nSPS) is 12.1. The number of hydrogen-bond donors (Lipinski definition) is 0. The van der Waals surface area contributed by atoms with E-state index in [1.165, 1.54) is 0 Å². The third-order valence-electron chi connectivity index (χ3n) is 2.31. The maximum Gasteiger partial charge on any atom is 0.0452 e. The quantitative estimate of drug-likeness (QED) is 0.640. The van der Waals surface area contributed by atoms with E-state index in [0.29, 0.717) is 0 Å². The van der Waals surface area contributed by atoms with Crippen molar-refractivity contribution in [2.75, 3.05) is 0 Å². The van der Waals surface area contributed by atoms with Gasteiger partial charge in [-0.05, 0) is 25.3 Å². The van der Waals surface area contributed by atoms with Gasteiger partial charge in [-0.15, -0.1) is 0 Å². The molecule has 0 aliphatic carbocycles. The average molecular weight is 220 g/mol. The van der Waals surface area contributed by atoms with E-state index in [1.54, 1.807) is 12.1 Å². The lowest BCUT2D eigenvalue weighted by atomic mass is 9.95. The molecule has 0 N–H and O–H groups in total. The van der Waals surface area contributed by atoms with E-state index in [0.717, 1.165) is 11.1 Å². The molecular weight excluding hydrogens is 208 g/mol. The number of rotatable bonds is 5.